The van der Waals surface area contributed by atoms with Gasteiger partial charge in [-0.25, -0.2) is 4.79 Å². The van der Waals surface area contributed by atoms with E-state index >= 15 is 0 Å². The second-order valence-electron chi connectivity index (χ2n) is 8.96. The number of para-hydroxylation sites is 1. The number of ketones is 1. The molecule has 1 aliphatic carbocycles. The Morgan fingerprint density at radius 3 is 2.14 bits per heavy atom. The van der Waals surface area contributed by atoms with E-state index in [1.54, 1.807) is 36.4 Å². The zero-order valence-electron chi connectivity index (χ0n) is 20.1. The number of carbonyl (C=O) groups is 3. The highest BCUT2D eigenvalue weighted by atomic mass is 16.5. The quantitative estimate of drug-likeness (QED) is 0.310. The van der Waals surface area contributed by atoms with Gasteiger partial charge in [0, 0.05) is 18.3 Å². The highest BCUT2D eigenvalue weighted by Crippen LogP contribution is 2.38. The first-order valence-electron chi connectivity index (χ1n) is 12.1. The van der Waals surface area contributed by atoms with Crippen LogP contribution in [0.5, 0.6) is 5.75 Å². The summed E-state index contributed by atoms with van der Waals surface area (Å²) in [7, 11) is 0. The molecule has 0 aliphatic heterocycles. The third-order valence-electron chi connectivity index (χ3n) is 6.42. The number of aliphatic hydroxyl groups excluding tert-OH is 1. The fraction of sp³-hybridized carbons (Fsp3) is 0.233. The maximum absolute atomic E-state index is 12.9. The van der Waals surface area contributed by atoms with Crippen LogP contribution in [0.2, 0.25) is 0 Å². The van der Waals surface area contributed by atoms with Gasteiger partial charge in [-0.2, -0.15) is 0 Å². The van der Waals surface area contributed by atoms with Gasteiger partial charge < -0.3 is 19.7 Å². The van der Waals surface area contributed by atoms with E-state index < -0.39 is 36.0 Å². The standard InChI is InChI=1S/C30H28O7/c31-23(19-36-24-9-5-2-6-10-24)15-16-25-26(17-29(33)34)27(32)18-28(25)37-30(35)22-13-11-21(12-14-22)20-7-3-1-4-8-20/h1-16,25-28,32H,17-19H2,(H,33,34)/t25-,26-,27+,28-/m0/s1. The Kier molecular flexibility index (Phi) is 8.48. The van der Waals surface area contributed by atoms with E-state index in [9.17, 15) is 24.6 Å². The Hall–Kier alpha value is -4.23. The van der Waals surface area contributed by atoms with Gasteiger partial charge in [-0.1, -0.05) is 66.7 Å². The van der Waals surface area contributed by atoms with E-state index in [0.29, 0.717) is 11.3 Å². The molecule has 37 heavy (non-hydrogen) atoms. The van der Waals surface area contributed by atoms with Gasteiger partial charge in [0.05, 0.1) is 18.1 Å². The summed E-state index contributed by atoms with van der Waals surface area (Å²) in [6.07, 6.45) is 0.826. The monoisotopic (exact) mass is 500 g/mol. The van der Waals surface area contributed by atoms with Gasteiger partial charge in [0.2, 0.25) is 0 Å². The third-order valence-corrected chi connectivity index (χ3v) is 6.42. The number of rotatable bonds is 10. The molecule has 7 heteroatoms. The summed E-state index contributed by atoms with van der Waals surface area (Å²) in [6, 6.07) is 25.6. The maximum atomic E-state index is 12.9. The molecule has 7 nitrogen and oxygen atoms in total. The molecule has 1 fully saturated rings. The Morgan fingerprint density at radius 2 is 1.49 bits per heavy atom. The van der Waals surface area contributed by atoms with Gasteiger partial charge in [-0.05, 0) is 41.5 Å². The zero-order chi connectivity index (χ0) is 26.2. The molecule has 4 rings (SSSR count). The number of hydrogen-bond acceptors (Lipinski definition) is 6. The fourth-order valence-electron chi connectivity index (χ4n) is 4.54. The molecule has 0 unspecified atom stereocenters. The van der Waals surface area contributed by atoms with Crippen molar-refractivity contribution in [2.75, 3.05) is 6.61 Å². The highest BCUT2D eigenvalue weighted by molar-refractivity contribution is 5.91. The first-order valence-corrected chi connectivity index (χ1v) is 12.1. The Bertz CT molecular complexity index is 1240. The Balaban J connectivity index is 1.44. The number of carbonyl (C=O) groups excluding carboxylic acids is 2. The molecule has 0 bridgehead atoms. The lowest BCUT2D eigenvalue weighted by molar-refractivity contribution is -0.139. The van der Waals surface area contributed by atoms with Gasteiger partial charge in [0.15, 0.2) is 12.4 Å². The number of aliphatic carboxylic acids is 1. The molecule has 3 aromatic carbocycles. The number of hydrogen-bond donors (Lipinski definition) is 2. The summed E-state index contributed by atoms with van der Waals surface area (Å²) in [6.45, 7) is -0.197. The second kappa shape index (κ2) is 12.1. The Labute approximate surface area is 215 Å². The number of aliphatic hydroxyl groups is 1. The number of carboxylic acids is 1. The minimum Gasteiger partial charge on any atom is -0.485 e. The average Bonchev–Trinajstić information content (AvgIpc) is 3.20. The van der Waals surface area contributed by atoms with E-state index in [0.717, 1.165) is 11.1 Å². The van der Waals surface area contributed by atoms with Crippen molar-refractivity contribution < 1.29 is 34.1 Å². The minimum absolute atomic E-state index is 0.0789. The van der Waals surface area contributed by atoms with Crippen molar-refractivity contribution in [1.82, 2.24) is 0 Å². The van der Waals surface area contributed by atoms with Crippen molar-refractivity contribution in [3.8, 4) is 16.9 Å². The van der Waals surface area contributed by atoms with Crippen LogP contribution in [0.3, 0.4) is 0 Å². The summed E-state index contributed by atoms with van der Waals surface area (Å²) in [4.78, 5) is 36.7. The van der Waals surface area contributed by atoms with E-state index in [-0.39, 0.29) is 25.2 Å². The predicted molar refractivity (Wildman–Crippen MR) is 137 cm³/mol. The molecule has 190 valence electrons. The molecule has 4 atom stereocenters. The topological polar surface area (TPSA) is 110 Å². The molecule has 3 aromatic rings. The summed E-state index contributed by atoms with van der Waals surface area (Å²) in [5.74, 6) is -2.78. The van der Waals surface area contributed by atoms with Crippen LogP contribution < -0.4 is 4.74 Å². The third kappa shape index (κ3) is 6.92. The molecule has 2 N–H and O–H groups in total. The summed E-state index contributed by atoms with van der Waals surface area (Å²) in [5, 5.41) is 19.9. The molecular weight excluding hydrogens is 472 g/mol. The van der Waals surface area contributed by atoms with Crippen LogP contribution in [0.25, 0.3) is 11.1 Å². The zero-order valence-corrected chi connectivity index (χ0v) is 20.1. The Morgan fingerprint density at radius 1 is 0.865 bits per heavy atom. The molecule has 0 radical (unpaired) electrons. The van der Waals surface area contributed by atoms with Crippen LogP contribution in [0.15, 0.2) is 97.1 Å². The van der Waals surface area contributed by atoms with Gasteiger partial charge >= 0.3 is 11.9 Å². The van der Waals surface area contributed by atoms with Gasteiger partial charge in [-0.3, -0.25) is 9.59 Å². The van der Waals surface area contributed by atoms with E-state index in [1.165, 1.54) is 12.2 Å². The first kappa shape index (κ1) is 25.9. The van der Waals surface area contributed by atoms with Crippen molar-refractivity contribution in [3.63, 3.8) is 0 Å². The van der Waals surface area contributed by atoms with Crippen LogP contribution >= 0.6 is 0 Å². The summed E-state index contributed by atoms with van der Waals surface area (Å²) < 4.78 is 11.2. The number of benzene rings is 3. The minimum atomic E-state index is -1.08. The number of esters is 1. The number of ether oxygens (including phenoxy) is 2. The largest absolute Gasteiger partial charge is 0.485 e. The molecule has 0 aromatic heterocycles. The smallest absolute Gasteiger partial charge is 0.338 e. The van der Waals surface area contributed by atoms with Crippen LogP contribution in [0, 0.1) is 11.8 Å². The molecule has 0 saturated heterocycles. The summed E-state index contributed by atoms with van der Waals surface area (Å²) in [5.41, 5.74) is 2.31. The van der Waals surface area contributed by atoms with Crippen LogP contribution in [0.1, 0.15) is 23.2 Å². The highest BCUT2D eigenvalue weighted by Gasteiger charge is 2.44. The predicted octanol–water partition coefficient (Wildman–Crippen LogP) is 4.56. The van der Waals surface area contributed by atoms with Gasteiger partial charge in [0.1, 0.15) is 11.9 Å². The van der Waals surface area contributed by atoms with E-state index in [2.05, 4.69) is 0 Å². The van der Waals surface area contributed by atoms with Crippen molar-refractivity contribution in [3.05, 3.63) is 103 Å². The normalized spacial score (nSPS) is 21.0. The van der Waals surface area contributed by atoms with Crippen molar-refractivity contribution in [2.24, 2.45) is 11.8 Å². The second-order valence-corrected chi connectivity index (χ2v) is 8.96. The fourth-order valence-corrected chi connectivity index (χ4v) is 4.54. The molecule has 0 spiro atoms. The molecule has 0 heterocycles. The average molecular weight is 501 g/mol. The van der Waals surface area contributed by atoms with Crippen LogP contribution in [-0.2, 0) is 14.3 Å². The molecule has 1 aliphatic rings. The van der Waals surface area contributed by atoms with Gasteiger partial charge in [0.25, 0.3) is 0 Å². The van der Waals surface area contributed by atoms with Crippen molar-refractivity contribution in [1.29, 1.82) is 0 Å². The molecule has 1 saturated carbocycles. The first-order chi connectivity index (χ1) is 17.9. The number of carboxylic acid groups (broad SMARTS) is 1. The van der Waals surface area contributed by atoms with E-state index in [1.807, 2.05) is 48.5 Å². The maximum Gasteiger partial charge on any atom is 0.338 e. The molecular formula is C30H28O7. The summed E-state index contributed by atoms with van der Waals surface area (Å²) >= 11 is 0. The lowest BCUT2D eigenvalue weighted by Gasteiger charge is -2.21. The van der Waals surface area contributed by atoms with Gasteiger partial charge in [-0.15, -0.1) is 0 Å². The lowest BCUT2D eigenvalue weighted by Crippen LogP contribution is -2.26. The molecule has 0 amide bonds. The SMILES string of the molecule is O=C(O)C[C@H]1[C@H](C=CC(=O)COc2ccccc2)[C@@H](OC(=O)c2ccc(-c3ccccc3)cc2)C[C@H]1O. The van der Waals surface area contributed by atoms with Crippen molar-refractivity contribution >= 4 is 17.7 Å². The van der Waals surface area contributed by atoms with Crippen LogP contribution in [-0.4, -0.2) is 46.7 Å². The van der Waals surface area contributed by atoms with Crippen LogP contribution in [0.4, 0.5) is 0 Å². The lowest BCUT2D eigenvalue weighted by atomic mass is 9.90. The van der Waals surface area contributed by atoms with Crippen molar-refractivity contribution in [2.45, 2.75) is 25.0 Å². The van der Waals surface area contributed by atoms with E-state index in [4.69, 9.17) is 9.47 Å².